The molecule has 0 aromatic heterocycles. The van der Waals surface area contributed by atoms with E-state index in [0.29, 0.717) is 5.92 Å². The second-order valence-corrected chi connectivity index (χ2v) is 7.14. The molecule has 22 heavy (non-hydrogen) atoms. The Morgan fingerprint density at radius 1 is 1.00 bits per heavy atom. The molecule has 1 atom stereocenters. The van der Waals surface area contributed by atoms with Gasteiger partial charge in [-0.15, -0.1) is 0 Å². The first kappa shape index (κ1) is 13.6. The predicted molar refractivity (Wildman–Crippen MR) is 94.5 cm³/mol. The van der Waals surface area contributed by atoms with Gasteiger partial charge in [0.1, 0.15) is 0 Å². The van der Waals surface area contributed by atoms with Crippen LogP contribution in [-0.4, -0.2) is 0 Å². The average molecular weight is 286 g/mol. The zero-order chi connectivity index (χ0) is 15.3. The molecule has 0 saturated heterocycles. The number of rotatable bonds is 2. The van der Waals surface area contributed by atoms with Gasteiger partial charge in [0, 0.05) is 11.3 Å². The quantitative estimate of drug-likeness (QED) is 0.769. The first-order valence-electron chi connectivity index (χ1n) is 8.14. The largest absolute Gasteiger partial charge is 0.0729 e. The van der Waals surface area contributed by atoms with Crippen LogP contribution in [0.1, 0.15) is 27.2 Å². The summed E-state index contributed by atoms with van der Waals surface area (Å²) in [5, 5.41) is 2.86. The molecular weight excluding hydrogens is 264 g/mol. The van der Waals surface area contributed by atoms with Gasteiger partial charge in [-0.05, 0) is 34.9 Å². The Labute approximate surface area is 132 Å². The van der Waals surface area contributed by atoms with Gasteiger partial charge in [0.05, 0.1) is 0 Å². The van der Waals surface area contributed by atoms with Crippen molar-refractivity contribution >= 4 is 11.1 Å². The van der Waals surface area contributed by atoms with Crippen molar-refractivity contribution in [2.24, 2.45) is 11.3 Å². The maximum atomic E-state index is 2.40. The van der Waals surface area contributed by atoms with E-state index in [9.17, 15) is 0 Å². The third-order valence-corrected chi connectivity index (χ3v) is 5.38. The molecule has 1 unspecified atom stereocenters. The van der Waals surface area contributed by atoms with Crippen LogP contribution in [0, 0.1) is 11.3 Å². The van der Waals surface area contributed by atoms with E-state index in [4.69, 9.17) is 0 Å². The van der Waals surface area contributed by atoms with Crippen molar-refractivity contribution in [3.05, 3.63) is 82.3 Å². The van der Waals surface area contributed by atoms with Crippen LogP contribution in [0.25, 0.3) is 11.1 Å². The third-order valence-electron chi connectivity index (χ3n) is 5.38. The van der Waals surface area contributed by atoms with Crippen LogP contribution >= 0.6 is 0 Å². The van der Waals surface area contributed by atoms with Crippen LogP contribution in [-0.2, 0) is 0 Å². The molecule has 0 nitrogen and oxygen atoms in total. The van der Waals surface area contributed by atoms with Gasteiger partial charge in [-0.2, -0.15) is 0 Å². The molecule has 3 aliphatic carbocycles. The fourth-order valence-corrected chi connectivity index (χ4v) is 4.18. The Hall–Kier alpha value is -2.08. The maximum Gasteiger partial charge on any atom is 0.0255 e. The fraction of sp³-hybridized carbons (Fsp3) is 0.273. The minimum absolute atomic E-state index is 0.0896. The number of hydrogen-bond acceptors (Lipinski definition) is 0. The first-order valence-corrected chi connectivity index (χ1v) is 8.14. The molecule has 0 spiro atoms. The smallest absolute Gasteiger partial charge is 0.0255 e. The Morgan fingerprint density at radius 3 is 2.50 bits per heavy atom. The normalized spacial score (nSPS) is 22.6. The van der Waals surface area contributed by atoms with E-state index in [1.165, 1.54) is 21.6 Å². The highest BCUT2D eigenvalue weighted by molar-refractivity contribution is 5.83. The molecule has 0 fully saturated rings. The molecule has 0 bridgehead atoms. The zero-order valence-electron chi connectivity index (χ0n) is 13.6. The molecule has 0 N–H and O–H groups in total. The van der Waals surface area contributed by atoms with Gasteiger partial charge in [-0.3, -0.25) is 0 Å². The molecule has 0 aliphatic heterocycles. The van der Waals surface area contributed by atoms with E-state index in [2.05, 4.69) is 81.5 Å². The monoisotopic (exact) mass is 286 g/mol. The Balaban J connectivity index is 1.96. The molecule has 0 heterocycles. The molecular formula is C22H22. The second-order valence-electron chi connectivity index (χ2n) is 7.14. The van der Waals surface area contributed by atoms with E-state index in [-0.39, 0.29) is 5.41 Å². The molecule has 4 rings (SSSR count). The highest BCUT2D eigenvalue weighted by Gasteiger charge is 2.37. The standard InChI is InChI=1S/C22H22/c1-15-12-13-16(14-15)22(2,3)21-19-10-6-4-8-17(19)18-9-5-7-11-20(18)21/h4-13,19H,14H2,1-3H3. The maximum absolute atomic E-state index is 2.40. The third kappa shape index (κ3) is 1.83. The Bertz CT molecular complexity index is 882. The van der Waals surface area contributed by atoms with Gasteiger partial charge in [0.15, 0.2) is 0 Å². The lowest BCUT2D eigenvalue weighted by molar-refractivity contribution is 0.563. The van der Waals surface area contributed by atoms with Crippen molar-refractivity contribution < 1.29 is 0 Å². The van der Waals surface area contributed by atoms with Crippen LogP contribution in [0.3, 0.4) is 0 Å². The van der Waals surface area contributed by atoms with E-state index >= 15 is 0 Å². The summed E-state index contributed by atoms with van der Waals surface area (Å²) in [5.41, 5.74) is 6.13. The molecule has 0 saturated carbocycles. The number of benzene rings is 1. The van der Waals surface area contributed by atoms with Gasteiger partial charge >= 0.3 is 0 Å². The van der Waals surface area contributed by atoms with Gasteiger partial charge in [-0.1, -0.05) is 85.7 Å². The van der Waals surface area contributed by atoms with Gasteiger partial charge in [-0.25, -0.2) is 0 Å². The molecule has 110 valence electrons. The highest BCUT2D eigenvalue weighted by atomic mass is 14.4. The summed E-state index contributed by atoms with van der Waals surface area (Å²) in [7, 11) is 0. The highest BCUT2D eigenvalue weighted by Crippen LogP contribution is 2.47. The minimum atomic E-state index is 0.0896. The van der Waals surface area contributed by atoms with E-state index in [1.807, 2.05) is 0 Å². The van der Waals surface area contributed by atoms with Crippen LogP contribution in [0.4, 0.5) is 0 Å². The predicted octanol–water partition coefficient (Wildman–Crippen LogP) is 4.05. The summed E-state index contributed by atoms with van der Waals surface area (Å²) in [4.78, 5) is 0. The Kier molecular flexibility index (Phi) is 2.91. The molecule has 1 aromatic rings. The van der Waals surface area contributed by atoms with E-state index < -0.39 is 0 Å². The van der Waals surface area contributed by atoms with E-state index in [0.717, 1.165) is 6.42 Å². The SMILES string of the molecule is CC1=CC=C(C(C)(C)C2=c3ccccc3=C3C=CC=CC32)C1. The lowest BCUT2D eigenvalue weighted by atomic mass is 9.70. The van der Waals surface area contributed by atoms with Crippen molar-refractivity contribution in [1.29, 1.82) is 0 Å². The molecule has 1 aromatic carbocycles. The first-order chi connectivity index (χ1) is 10.6. The second kappa shape index (κ2) is 4.71. The van der Waals surface area contributed by atoms with E-state index in [1.54, 1.807) is 11.1 Å². The Morgan fingerprint density at radius 2 is 1.77 bits per heavy atom. The van der Waals surface area contributed by atoms with Crippen LogP contribution in [0.15, 0.2) is 71.9 Å². The molecule has 0 heteroatoms. The molecule has 0 radical (unpaired) electrons. The lowest BCUT2D eigenvalue weighted by Crippen LogP contribution is -2.29. The summed E-state index contributed by atoms with van der Waals surface area (Å²) in [6.07, 6.45) is 14.7. The van der Waals surface area contributed by atoms with Gasteiger partial charge in [0.25, 0.3) is 0 Å². The van der Waals surface area contributed by atoms with Crippen molar-refractivity contribution in [2.45, 2.75) is 27.2 Å². The van der Waals surface area contributed by atoms with Crippen molar-refractivity contribution in [2.75, 3.05) is 0 Å². The molecule has 0 amide bonds. The topological polar surface area (TPSA) is 0 Å². The summed E-state index contributed by atoms with van der Waals surface area (Å²) in [6, 6.07) is 8.91. The summed E-state index contributed by atoms with van der Waals surface area (Å²) in [5.74, 6) is 0.430. The fourth-order valence-electron chi connectivity index (χ4n) is 4.18. The lowest BCUT2D eigenvalue weighted by Gasteiger charge is -2.33. The summed E-state index contributed by atoms with van der Waals surface area (Å²) in [6.45, 7) is 7.02. The van der Waals surface area contributed by atoms with Crippen LogP contribution in [0.5, 0.6) is 0 Å². The van der Waals surface area contributed by atoms with Gasteiger partial charge < -0.3 is 0 Å². The summed E-state index contributed by atoms with van der Waals surface area (Å²) >= 11 is 0. The van der Waals surface area contributed by atoms with Gasteiger partial charge in [0.2, 0.25) is 0 Å². The van der Waals surface area contributed by atoms with Crippen molar-refractivity contribution in [3.8, 4) is 0 Å². The average Bonchev–Trinajstić information content (AvgIpc) is 3.09. The van der Waals surface area contributed by atoms with Crippen LogP contribution < -0.4 is 10.4 Å². The van der Waals surface area contributed by atoms with Crippen LogP contribution in [0.2, 0.25) is 0 Å². The zero-order valence-corrected chi connectivity index (χ0v) is 13.6. The van der Waals surface area contributed by atoms with Crippen molar-refractivity contribution in [3.63, 3.8) is 0 Å². The summed E-state index contributed by atoms with van der Waals surface area (Å²) < 4.78 is 0. The number of hydrogen-bond donors (Lipinski definition) is 0. The number of allylic oxidation sites excluding steroid dienone is 8. The van der Waals surface area contributed by atoms with Crippen molar-refractivity contribution in [1.82, 2.24) is 0 Å². The number of fused-ring (bicyclic) bond motifs is 2. The minimum Gasteiger partial charge on any atom is -0.0729 e. The molecule has 3 aliphatic rings.